The molecule has 9 heteroatoms. The molecule has 2 aromatic rings. The Labute approximate surface area is 178 Å². The largest absolute Gasteiger partial charge is 0.348 e. The van der Waals surface area contributed by atoms with Gasteiger partial charge in [-0.05, 0) is 43.7 Å². The Morgan fingerprint density at radius 1 is 1.03 bits per heavy atom. The second-order valence-corrected chi connectivity index (χ2v) is 7.20. The third-order valence-electron chi connectivity index (χ3n) is 4.33. The topological polar surface area (TPSA) is 61.4 Å². The highest BCUT2D eigenvalue weighted by molar-refractivity contribution is 6.31. The Morgan fingerprint density at radius 3 is 2.37 bits per heavy atom. The van der Waals surface area contributed by atoms with Gasteiger partial charge in [-0.1, -0.05) is 36.7 Å². The third-order valence-corrected chi connectivity index (χ3v) is 4.68. The lowest BCUT2D eigenvalue weighted by Gasteiger charge is -2.22. The van der Waals surface area contributed by atoms with E-state index in [1.165, 1.54) is 0 Å². The molecule has 0 aliphatic rings. The highest BCUT2D eigenvalue weighted by Crippen LogP contribution is 2.22. The van der Waals surface area contributed by atoms with Gasteiger partial charge in [-0.15, -0.1) is 0 Å². The molecule has 0 heterocycles. The Kier molecular flexibility index (Phi) is 8.68. The minimum atomic E-state index is -1.66. The zero-order valence-corrected chi connectivity index (χ0v) is 17.4. The minimum Gasteiger partial charge on any atom is -0.348 e. The monoisotopic (exact) mass is 441 g/mol. The zero-order chi connectivity index (χ0) is 22.3. The van der Waals surface area contributed by atoms with Crippen molar-refractivity contribution in [3.8, 4) is 0 Å². The quantitative estimate of drug-likeness (QED) is 0.571. The van der Waals surface area contributed by atoms with Crippen molar-refractivity contribution in [3.05, 3.63) is 64.4 Å². The van der Waals surface area contributed by atoms with Crippen molar-refractivity contribution in [2.24, 2.45) is 0 Å². The fourth-order valence-electron chi connectivity index (χ4n) is 2.94. The lowest BCUT2D eigenvalue weighted by atomic mass is 10.1. The Hall–Kier alpha value is -2.58. The van der Waals surface area contributed by atoms with Crippen LogP contribution in [0.1, 0.15) is 31.9 Å². The molecule has 0 radical (unpaired) electrons. The van der Waals surface area contributed by atoms with Gasteiger partial charge in [0.1, 0.15) is 0 Å². The molecule has 2 amide bonds. The van der Waals surface area contributed by atoms with Crippen LogP contribution in [-0.2, 0) is 9.59 Å². The van der Waals surface area contributed by atoms with Gasteiger partial charge in [0.2, 0.25) is 11.8 Å². The van der Waals surface area contributed by atoms with Crippen molar-refractivity contribution in [1.82, 2.24) is 10.2 Å². The summed E-state index contributed by atoms with van der Waals surface area (Å²) in [5.41, 5.74) is 0.299. The van der Waals surface area contributed by atoms with Crippen molar-refractivity contribution in [2.75, 3.05) is 25.0 Å². The Morgan fingerprint density at radius 2 is 1.70 bits per heavy atom. The van der Waals surface area contributed by atoms with Gasteiger partial charge in [0.25, 0.3) is 0 Å². The molecular weight excluding hydrogens is 419 g/mol. The fraction of sp³-hybridized carbons (Fsp3) is 0.333. The third kappa shape index (κ3) is 6.47. The van der Waals surface area contributed by atoms with Gasteiger partial charge in [0, 0.05) is 5.02 Å². The molecule has 0 saturated carbocycles. The van der Waals surface area contributed by atoms with Crippen LogP contribution in [0.5, 0.6) is 0 Å². The van der Waals surface area contributed by atoms with Crippen LogP contribution < -0.4 is 10.6 Å². The number of nitrogens with one attached hydrogen (secondary N) is 2. The van der Waals surface area contributed by atoms with Gasteiger partial charge < -0.3 is 10.6 Å². The van der Waals surface area contributed by atoms with Crippen LogP contribution in [0.3, 0.4) is 0 Å². The summed E-state index contributed by atoms with van der Waals surface area (Å²) < 4.78 is 40.1. The molecule has 2 rings (SSSR count). The van der Waals surface area contributed by atoms with Gasteiger partial charge in [0.15, 0.2) is 17.5 Å². The highest BCUT2D eigenvalue weighted by atomic mass is 35.5. The summed E-state index contributed by atoms with van der Waals surface area (Å²) in [5.74, 6) is -5.45. The van der Waals surface area contributed by atoms with Gasteiger partial charge >= 0.3 is 0 Å². The number of anilines is 1. The zero-order valence-electron chi connectivity index (χ0n) is 16.6. The average molecular weight is 442 g/mol. The van der Waals surface area contributed by atoms with E-state index in [-0.39, 0.29) is 25.0 Å². The van der Waals surface area contributed by atoms with E-state index >= 15 is 0 Å². The molecule has 0 bridgehead atoms. The molecule has 0 fully saturated rings. The molecule has 2 N–H and O–H groups in total. The summed E-state index contributed by atoms with van der Waals surface area (Å²) >= 11 is 6.14. The number of hydrogen-bond acceptors (Lipinski definition) is 3. The Bertz CT molecular complexity index is 911. The number of carbonyl (C=O) groups excluding carboxylic acids is 2. The maximum atomic E-state index is 13.7. The molecule has 1 unspecified atom stereocenters. The predicted octanol–water partition coefficient (Wildman–Crippen LogP) is 4.29. The number of halogens is 4. The summed E-state index contributed by atoms with van der Waals surface area (Å²) in [4.78, 5) is 26.2. The molecule has 5 nitrogen and oxygen atoms in total. The summed E-state index contributed by atoms with van der Waals surface area (Å²) in [6, 6.07) is 8.47. The lowest BCUT2D eigenvalue weighted by Crippen LogP contribution is -2.42. The first-order valence-electron chi connectivity index (χ1n) is 9.42. The maximum absolute atomic E-state index is 13.7. The first kappa shape index (κ1) is 23.7. The van der Waals surface area contributed by atoms with Gasteiger partial charge in [0.05, 0.1) is 24.8 Å². The van der Waals surface area contributed by atoms with Crippen LogP contribution in [0.15, 0.2) is 36.4 Å². The molecule has 1 atom stereocenters. The smallest absolute Gasteiger partial charge is 0.238 e. The van der Waals surface area contributed by atoms with Crippen LogP contribution in [0, 0.1) is 17.5 Å². The SMILES string of the molecule is CCCN(CC(=O)Nc1ccc(F)c(F)c1F)CC(=O)NC(C)c1ccccc1Cl. The van der Waals surface area contributed by atoms with Gasteiger partial charge in [-0.2, -0.15) is 0 Å². The predicted molar refractivity (Wildman–Crippen MR) is 110 cm³/mol. The van der Waals surface area contributed by atoms with Crippen molar-refractivity contribution in [3.63, 3.8) is 0 Å². The van der Waals surface area contributed by atoms with E-state index in [4.69, 9.17) is 11.6 Å². The van der Waals surface area contributed by atoms with Crippen molar-refractivity contribution < 1.29 is 22.8 Å². The summed E-state index contributed by atoms with van der Waals surface area (Å²) in [7, 11) is 0. The van der Waals surface area contributed by atoms with Crippen molar-refractivity contribution in [2.45, 2.75) is 26.3 Å². The number of carbonyl (C=O) groups is 2. The van der Waals surface area contributed by atoms with Crippen molar-refractivity contribution >= 4 is 29.1 Å². The molecule has 162 valence electrons. The average Bonchev–Trinajstić information content (AvgIpc) is 2.68. The highest BCUT2D eigenvalue weighted by Gasteiger charge is 2.19. The number of amides is 2. The second-order valence-electron chi connectivity index (χ2n) is 6.79. The van der Waals surface area contributed by atoms with E-state index < -0.39 is 29.0 Å². The molecule has 30 heavy (non-hydrogen) atoms. The van der Waals surface area contributed by atoms with Crippen LogP contribution in [-0.4, -0.2) is 36.3 Å². The molecule has 0 aliphatic carbocycles. The van der Waals surface area contributed by atoms with E-state index in [1.54, 1.807) is 30.0 Å². The molecule has 0 aliphatic heterocycles. The molecule has 2 aromatic carbocycles. The lowest BCUT2D eigenvalue weighted by molar-refractivity contribution is -0.124. The molecular formula is C21H23ClF3N3O2. The molecule has 0 saturated heterocycles. The van der Waals surface area contributed by atoms with Crippen LogP contribution in [0.2, 0.25) is 5.02 Å². The van der Waals surface area contributed by atoms with Crippen molar-refractivity contribution in [1.29, 1.82) is 0 Å². The Balaban J connectivity index is 1.96. The normalized spacial score (nSPS) is 12.0. The standard InChI is InChI=1S/C21H23ClF3N3O2/c1-3-10-28(11-18(29)26-13(2)14-6-4-5-7-15(14)22)12-19(30)27-17-9-8-16(23)20(24)21(17)25/h4-9,13H,3,10-12H2,1-2H3,(H,26,29)(H,27,30). The fourth-order valence-corrected chi connectivity index (χ4v) is 3.24. The minimum absolute atomic E-state index is 0.0731. The second kappa shape index (κ2) is 11.0. The summed E-state index contributed by atoms with van der Waals surface area (Å²) in [5, 5.41) is 5.56. The maximum Gasteiger partial charge on any atom is 0.238 e. The van der Waals surface area contributed by atoms with Gasteiger partial charge in [-0.25, -0.2) is 13.2 Å². The number of hydrogen-bond donors (Lipinski definition) is 2. The van der Waals surface area contributed by atoms with E-state index in [1.807, 2.05) is 13.0 Å². The summed E-state index contributed by atoms with van der Waals surface area (Å²) in [6.45, 7) is 3.81. The van der Waals surface area contributed by atoms with E-state index in [2.05, 4.69) is 10.6 Å². The number of nitrogens with zero attached hydrogens (tertiary/aromatic N) is 1. The van der Waals surface area contributed by atoms with E-state index in [0.717, 1.165) is 17.7 Å². The first-order chi connectivity index (χ1) is 14.2. The molecule has 0 aromatic heterocycles. The van der Waals surface area contributed by atoms with E-state index in [9.17, 15) is 22.8 Å². The van der Waals surface area contributed by atoms with Crippen LogP contribution >= 0.6 is 11.6 Å². The summed E-state index contributed by atoms with van der Waals surface area (Å²) in [6.07, 6.45) is 0.667. The van der Waals surface area contributed by atoms with Crippen LogP contribution in [0.25, 0.3) is 0 Å². The molecule has 0 spiro atoms. The first-order valence-corrected chi connectivity index (χ1v) is 9.80. The van der Waals surface area contributed by atoms with Gasteiger partial charge in [-0.3, -0.25) is 14.5 Å². The number of benzene rings is 2. The van der Waals surface area contributed by atoms with E-state index in [0.29, 0.717) is 18.0 Å². The number of rotatable bonds is 9. The van der Waals surface area contributed by atoms with Crippen LogP contribution in [0.4, 0.5) is 18.9 Å².